The number of hydrogen-bond acceptors (Lipinski definition) is 3. The summed E-state index contributed by atoms with van der Waals surface area (Å²) in [6, 6.07) is 13.0. The Morgan fingerprint density at radius 2 is 1.88 bits per heavy atom. The Bertz CT molecular complexity index is 793. The SMILES string of the molecule is COc1ccc(F)cc1C(=O)N1CC(C(=O)O)C(c2ccccc2)C1. The second-order valence-electron chi connectivity index (χ2n) is 6.02. The van der Waals surface area contributed by atoms with Crippen molar-refractivity contribution in [1.29, 1.82) is 0 Å². The number of carboxylic acids is 1. The van der Waals surface area contributed by atoms with Crippen LogP contribution in [-0.2, 0) is 4.79 Å². The normalized spacial score (nSPS) is 19.7. The van der Waals surface area contributed by atoms with Crippen molar-refractivity contribution in [2.45, 2.75) is 5.92 Å². The first kappa shape index (κ1) is 17.0. The molecule has 1 fully saturated rings. The predicted molar refractivity (Wildman–Crippen MR) is 89.2 cm³/mol. The summed E-state index contributed by atoms with van der Waals surface area (Å²) in [7, 11) is 1.40. The summed E-state index contributed by atoms with van der Waals surface area (Å²) < 4.78 is 18.7. The number of amides is 1. The fourth-order valence-electron chi connectivity index (χ4n) is 3.28. The van der Waals surface area contributed by atoms with Gasteiger partial charge in [-0.1, -0.05) is 30.3 Å². The minimum Gasteiger partial charge on any atom is -0.496 e. The van der Waals surface area contributed by atoms with E-state index in [1.807, 2.05) is 30.3 Å². The van der Waals surface area contributed by atoms with Crippen molar-refractivity contribution in [3.05, 3.63) is 65.5 Å². The molecule has 1 aliphatic heterocycles. The standard InChI is InChI=1S/C19H18FNO4/c1-25-17-8-7-13(20)9-14(17)18(22)21-10-15(16(11-21)19(23)24)12-5-3-2-4-6-12/h2-9,15-16H,10-11H2,1H3,(H,23,24). The molecule has 6 heteroatoms. The van der Waals surface area contributed by atoms with Crippen molar-refractivity contribution in [2.75, 3.05) is 20.2 Å². The average molecular weight is 343 g/mol. The van der Waals surface area contributed by atoms with Gasteiger partial charge >= 0.3 is 5.97 Å². The molecule has 1 aliphatic rings. The molecule has 2 aromatic carbocycles. The molecule has 1 N–H and O–H groups in total. The molecule has 5 nitrogen and oxygen atoms in total. The van der Waals surface area contributed by atoms with Gasteiger partial charge < -0.3 is 14.7 Å². The summed E-state index contributed by atoms with van der Waals surface area (Å²) >= 11 is 0. The van der Waals surface area contributed by atoms with Crippen LogP contribution in [0.3, 0.4) is 0 Å². The second kappa shape index (κ2) is 6.93. The maximum atomic E-state index is 13.6. The molecule has 2 unspecified atom stereocenters. The molecule has 1 heterocycles. The maximum absolute atomic E-state index is 13.6. The van der Waals surface area contributed by atoms with Crippen LogP contribution in [0.1, 0.15) is 21.8 Å². The van der Waals surface area contributed by atoms with Crippen LogP contribution >= 0.6 is 0 Å². The Morgan fingerprint density at radius 1 is 1.16 bits per heavy atom. The Morgan fingerprint density at radius 3 is 2.52 bits per heavy atom. The van der Waals surface area contributed by atoms with Crippen molar-refractivity contribution in [1.82, 2.24) is 4.90 Å². The van der Waals surface area contributed by atoms with E-state index in [-0.39, 0.29) is 30.3 Å². The van der Waals surface area contributed by atoms with E-state index in [1.54, 1.807) is 0 Å². The molecule has 0 saturated carbocycles. The van der Waals surface area contributed by atoms with E-state index in [9.17, 15) is 19.1 Å². The zero-order chi connectivity index (χ0) is 18.0. The van der Waals surface area contributed by atoms with Gasteiger partial charge in [-0.3, -0.25) is 9.59 Å². The molecule has 1 saturated heterocycles. The molecule has 25 heavy (non-hydrogen) atoms. The van der Waals surface area contributed by atoms with Gasteiger partial charge in [-0.05, 0) is 23.8 Å². The molecule has 0 aromatic heterocycles. The van der Waals surface area contributed by atoms with E-state index < -0.39 is 23.6 Å². The zero-order valence-electron chi connectivity index (χ0n) is 13.7. The number of likely N-dealkylation sites (tertiary alicyclic amines) is 1. The summed E-state index contributed by atoms with van der Waals surface area (Å²) in [6.45, 7) is 0.340. The average Bonchev–Trinajstić information content (AvgIpc) is 3.07. The van der Waals surface area contributed by atoms with Crippen molar-refractivity contribution in [3.63, 3.8) is 0 Å². The third kappa shape index (κ3) is 3.33. The number of carbonyl (C=O) groups is 2. The Labute approximate surface area is 144 Å². The van der Waals surface area contributed by atoms with Crippen LogP contribution in [0.4, 0.5) is 4.39 Å². The van der Waals surface area contributed by atoms with Crippen LogP contribution in [0.2, 0.25) is 0 Å². The quantitative estimate of drug-likeness (QED) is 0.927. The second-order valence-corrected chi connectivity index (χ2v) is 6.02. The zero-order valence-corrected chi connectivity index (χ0v) is 13.7. The topological polar surface area (TPSA) is 66.8 Å². The lowest BCUT2D eigenvalue weighted by atomic mass is 9.89. The molecular weight excluding hydrogens is 325 g/mol. The van der Waals surface area contributed by atoms with Gasteiger partial charge in [0, 0.05) is 19.0 Å². The van der Waals surface area contributed by atoms with Crippen molar-refractivity contribution >= 4 is 11.9 Å². The summed E-state index contributed by atoms with van der Waals surface area (Å²) in [5.41, 5.74) is 0.969. The minimum atomic E-state index is -0.949. The van der Waals surface area contributed by atoms with Gasteiger partial charge in [-0.25, -0.2) is 4.39 Å². The number of ether oxygens (including phenoxy) is 1. The van der Waals surface area contributed by atoms with Gasteiger partial charge in [-0.2, -0.15) is 0 Å². The Kier molecular flexibility index (Phi) is 4.70. The lowest BCUT2D eigenvalue weighted by Gasteiger charge is -2.18. The summed E-state index contributed by atoms with van der Waals surface area (Å²) in [6.07, 6.45) is 0. The van der Waals surface area contributed by atoms with E-state index in [0.29, 0.717) is 0 Å². The molecule has 130 valence electrons. The van der Waals surface area contributed by atoms with E-state index in [1.165, 1.54) is 24.1 Å². The highest BCUT2D eigenvalue weighted by Crippen LogP contribution is 2.34. The number of methoxy groups -OCH3 is 1. The molecule has 2 atom stereocenters. The summed E-state index contributed by atoms with van der Waals surface area (Å²) in [5.74, 6) is -2.66. The number of halogens is 1. The van der Waals surface area contributed by atoms with Gasteiger partial charge in [-0.15, -0.1) is 0 Å². The highest BCUT2D eigenvalue weighted by Gasteiger charge is 2.41. The first-order chi connectivity index (χ1) is 12.0. The van der Waals surface area contributed by atoms with E-state index in [0.717, 1.165) is 11.6 Å². The largest absolute Gasteiger partial charge is 0.496 e. The van der Waals surface area contributed by atoms with E-state index in [2.05, 4.69) is 0 Å². The molecular formula is C19H18FNO4. The molecule has 0 bridgehead atoms. The molecule has 0 radical (unpaired) electrons. The van der Waals surface area contributed by atoms with Crippen molar-refractivity contribution in [3.8, 4) is 5.75 Å². The van der Waals surface area contributed by atoms with E-state index in [4.69, 9.17) is 4.74 Å². The van der Waals surface area contributed by atoms with Crippen LogP contribution in [-0.4, -0.2) is 42.1 Å². The molecule has 1 amide bonds. The van der Waals surface area contributed by atoms with Gasteiger partial charge in [0.15, 0.2) is 0 Å². The third-order valence-corrected chi connectivity index (χ3v) is 4.54. The highest BCUT2D eigenvalue weighted by molar-refractivity contribution is 5.97. The number of carbonyl (C=O) groups excluding carboxylic acids is 1. The Hall–Kier alpha value is -2.89. The fourth-order valence-corrected chi connectivity index (χ4v) is 3.28. The first-order valence-corrected chi connectivity index (χ1v) is 7.92. The number of benzene rings is 2. The highest BCUT2D eigenvalue weighted by atomic mass is 19.1. The lowest BCUT2D eigenvalue weighted by molar-refractivity contribution is -0.141. The fraction of sp³-hybridized carbons (Fsp3) is 0.263. The van der Waals surface area contributed by atoms with E-state index >= 15 is 0 Å². The predicted octanol–water partition coefficient (Wildman–Crippen LogP) is 2.77. The van der Waals surface area contributed by atoms with Gasteiger partial charge in [0.1, 0.15) is 11.6 Å². The molecule has 0 spiro atoms. The number of aliphatic carboxylic acids is 1. The maximum Gasteiger partial charge on any atom is 0.308 e. The third-order valence-electron chi connectivity index (χ3n) is 4.54. The summed E-state index contributed by atoms with van der Waals surface area (Å²) in [4.78, 5) is 25.9. The van der Waals surface area contributed by atoms with Crippen LogP contribution in [0.5, 0.6) is 5.75 Å². The van der Waals surface area contributed by atoms with Gasteiger partial charge in [0.2, 0.25) is 0 Å². The number of hydrogen-bond donors (Lipinski definition) is 1. The first-order valence-electron chi connectivity index (χ1n) is 7.92. The number of carboxylic acid groups (broad SMARTS) is 1. The summed E-state index contributed by atoms with van der Waals surface area (Å²) in [5, 5.41) is 9.54. The van der Waals surface area contributed by atoms with Crippen molar-refractivity contribution < 1.29 is 23.8 Å². The van der Waals surface area contributed by atoms with Gasteiger partial charge in [0.05, 0.1) is 18.6 Å². The number of nitrogens with zero attached hydrogens (tertiary/aromatic N) is 1. The molecule has 0 aliphatic carbocycles. The van der Waals surface area contributed by atoms with Crippen molar-refractivity contribution in [2.24, 2.45) is 5.92 Å². The molecule has 3 rings (SSSR count). The monoisotopic (exact) mass is 343 g/mol. The van der Waals surface area contributed by atoms with Crippen LogP contribution in [0.15, 0.2) is 48.5 Å². The van der Waals surface area contributed by atoms with Crippen LogP contribution in [0, 0.1) is 11.7 Å². The number of rotatable bonds is 4. The van der Waals surface area contributed by atoms with Crippen LogP contribution < -0.4 is 4.74 Å². The van der Waals surface area contributed by atoms with Crippen LogP contribution in [0.25, 0.3) is 0 Å². The lowest BCUT2D eigenvalue weighted by Crippen LogP contribution is -2.30. The Balaban J connectivity index is 1.90. The smallest absolute Gasteiger partial charge is 0.308 e. The molecule has 2 aromatic rings. The van der Waals surface area contributed by atoms with Gasteiger partial charge in [0.25, 0.3) is 5.91 Å². The minimum absolute atomic E-state index is 0.0768.